The molecule has 4 nitrogen and oxygen atoms in total. The average Bonchev–Trinajstić information content (AvgIpc) is 3.08. The molecule has 0 heterocycles. The van der Waals surface area contributed by atoms with E-state index in [1.54, 1.807) is 36.7 Å². The predicted molar refractivity (Wildman–Crippen MR) is 112 cm³/mol. The molecule has 1 amide bonds. The Bertz CT molecular complexity index is 805. The number of hydrogen-bond acceptors (Lipinski definition) is 3. The second-order valence-corrected chi connectivity index (χ2v) is 6.74. The van der Waals surface area contributed by atoms with E-state index in [4.69, 9.17) is 4.74 Å². The van der Waals surface area contributed by atoms with Gasteiger partial charge in [0.05, 0.1) is 18.1 Å². The number of benzene rings is 2. The van der Waals surface area contributed by atoms with E-state index in [0.29, 0.717) is 37.0 Å². The van der Waals surface area contributed by atoms with Crippen LogP contribution >= 0.6 is 27.0 Å². The zero-order chi connectivity index (χ0) is 18.7. The molecule has 1 fully saturated rings. The molecule has 1 aliphatic carbocycles. The van der Waals surface area contributed by atoms with Crippen LogP contribution in [0.4, 0.5) is 8.78 Å². The van der Waals surface area contributed by atoms with E-state index in [-0.39, 0.29) is 44.7 Å². The van der Waals surface area contributed by atoms with E-state index >= 15 is 0 Å². The summed E-state index contributed by atoms with van der Waals surface area (Å²) >= 11 is 0. The van der Waals surface area contributed by atoms with E-state index in [9.17, 15) is 18.8 Å². The Kier molecular flexibility index (Phi) is 8.94. The molecule has 8 heteroatoms. The first kappa shape index (κ1) is 24.4. The van der Waals surface area contributed by atoms with Gasteiger partial charge in [-0.1, -0.05) is 24.3 Å². The molecule has 0 unspecified atom stereocenters. The summed E-state index contributed by atoms with van der Waals surface area (Å²) in [5.41, 5.74) is 2.50. The summed E-state index contributed by atoms with van der Waals surface area (Å²) in [6, 6.07) is 10.7. The predicted octanol–water partition coefficient (Wildman–Crippen LogP) is 4.01. The number of hydrogen-bond donors (Lipinski definition) is 2. The summed E-state index contributed by atoms with van der Waals surface area (Å²) in [5.74, 6) is -1.25. The highest BCUT2D eigenvalue weighted by Gasteiger charge is 2.48. The fraction of sp³-hybridized carbons (Fsp3) is 0.350. The number of rotatable bonds is 5. The molecule has 2 aromatic carbocycles. The van der Waals surface area contributed by atoms with Gasteiger partial charge in [0.2, 0.25) is 0 Å². The maximum atomic E-state index is 14.0. The second-order valence-electron chi connectivity index (χ2n) is 6.74. The van der Waals surface area contributed by atoms with Crippen LogP contribution in [0.1, 0.15) is 36.0 Å². The van der Waals surface area contributed by atoms with Crippen LogP contribution in [0.3, 0.4) is 0 Å². The minimum absolute atomic E-state index is 0. The van der Waals surface area contributed by atoms with Gasteiger partial charge in [0, 0.05) is 0 Å². The minimum Gasteiger partial charge on any atom is -0.373 e. The Morgan fingerprint density at radius 3 is 2.54 bits per heavy atom. The summed E-state index contributed by atoms with van der Waals surface area (Å²) in [4.78, 5) is 12.5. The van der Waals surface area contributed by atoms with Gasteiger partial charge in [-0.15, -0.1) is 0 Å². The molecule has 0 aromatic heterocycles. The number of nitrogens with one attached hydrogen (secondary N) is 1. The molecular weight excluding hydrogens is 404 g/mol. The molecule has 28 heavy (non-hydrogen) atoms. The molecule has 2 aromatic rings. The number of carbonyl (C=O) groups is 1. The zero-order valence-electron chi connectivity index (χ0n) is 15.5. The van der Waals surface area contributed by atoms with Gasteiger partial charge in [0.1, 0.15) is 11.6 Å². The maximum Gasteiger partial charge on any atom is 0.254 e. The van der Waals surface area contributed by atoms with Crippen LogP contribution in [0, 0.1) is 18.6 Å². The fourth-order valence-corrected chi connectivity index (χ4v) is 3.74. The smallest absolute Gasteiger partial charge is 0.254 e. The van der Waals surface area contributed by atoms with E-state index in [1.807, 2.05) is 0 Å². The Morgan fingerprint density at radius 1 is 1.21 bits per heavy atom. The number of carbonyl (C=O) groups excluding carboxylic acids is 1. The Balaban J connectivity index is 0.00000196. The Hall–Kier alpha value is -1.61. The number of amides is 1. The van der Waals surface area contributed by atoms with Crippen molar-refractivity contribution < 1.29 is 23.5 Å². The van der Waals surface area contributed by atoms with Crippen molar-refractivity contribution in [2.45, 2.75) is 44.3 Å². The quantitative estimate of drug-likeness (QED) is 0.558. The van der Waals surface area contributed by atoms with Crippen LogP contribution in [-0.4, -0.2) is 17.2 Å². The number of ether oxygens (including phenoxy) is 1. The first-order valence-corrected chi connectivity index (χ1v) is 8.52. The van der Waals surface area contributed by atoms with Gasteiger partial charge in [0.25, 0.3) is 5.91 Å². The molecule has 3 rings (SSSR count). The van der Waals surface area contributed by atoms with Gasteiger partial charge in [-0.3, -0.25) is 10.0 Å². The fourth-order valence-electron chi connectivity index (χ4n) is 3.74. The van der Waals surface area contributed by atoms with E-state index in [1.165, 1.54) is 18.2 Å². The molecule has 2 atom stereocenters. The lowest BCUT2D eigenvalue weighted by Gasteiger charge is -2.29. The first-order valence-electron chi connectivity index (χ1n) is 8.52. The van der Waals surface area contributed by atoms with Crippen molar-refractivity contribution in [1.29, 1.82) is 0 Å². The van der Waals surface area contributed by atoms with Gasteiger partial charge >= 0.3 is 0 Å². The SMILES string of the molecule is Cc1c(F)cccc1[C@]1(C(=O)NO)CC[C@H](OCc2ccc(F)cc2)C1.S.S. The number of halogens is 2. The zero-order valence-corrected chi connectivity index (χ0v) is 17.5. The highest BCUT2D eigenvalue weighted by Crippen LogP contribution is 2.44. The summed E-state index contributed by atoms with van der Waals surface area (Å²) in [6.07, 6.45) is 1.16. The van der Waals surface area contributed by atoms with Crippen molar-refractivity contribution >= 4 is 32.9 Å². The molecule has 1 saturated carbocycles. The third-order valence-electron chi connectivity index (χ3n) is 5.19. The highest BCUT2D eigenvalue weighted by molar-refractivity contribution is 7.59. The van der Waals surface area contributed by atoms with Gasteiger partial charge in [-0.05, 0) is 61.1 Å². The van der Waals surface area contributed by atoms with Gasteiger partial charge in [-0.25, -0.2) is 14.3 Å². The van der Waals surface area contributed by atoms with Crippen molar-refractivity contribution in [3.63, 3.8) is 0 Å². The first-order chi connectivity index (χ1) is 12.5. The topological polar surface area (TPSA) is 58.6 Å². The molecule has 0 spiro atoms. The van der Waals surface area contributed by atoms with E-state index in [0.717, 1.165) is 5.56 Å². The lowest BCUT2D eigenvalue weighted by molar-refractivity contribution is -0.135. The van der Waals surface area contributed by atoms with Crippen LogP contribution in [0.15, 0.2) is 42.5 Å². The van der Waals surface area contributed by atoms with Crippen LogP contribution in [-0.2, 0) is 21.6 Å². The largest absolute Gasteiger partial charge is 0.373 e. The van der Waals surface area contributed by atoms with Gasteiger partial charge in [-0.2, -0.15) is 27.0 Å². The Morgan fingerprint density at radius 2 is 1.89 bits per heavy atom. The monoisotopic (exact) mass is 429 g/mol. The van der Waals surface area contributed by atoms with Crippen molar-refractivity contribution in [2.24, 2.45) is 0 Å². The normalized spacial score (nSPS) is 20.8. The standard InChI is InChI=1S/C20H21F2NO3.2H2S/c1-13-17(3-2-4-18(13)22)20(19(24)23-25)10-9-16(11-20)26-12-14-5-7-15(21)8-6-14;;/h2-8,16,25H,9-12H2,1H3,(H,23,24);2*1H2/t16-,20-;;/m0../s1. The molecule has 0 aliphatic heterocycles. The summed E-state index contributed by atoms with van der Waals surface area (Å²) in [7, 11) is 0. The van der Waals surface area contributed by atoms with Crippen LogP contribution in [0.5, 0.6) is 0 Å². The summed E-state index contributed by atoms with van der Waals surface area (Å²) in [5, 5.41) is 9.23. The van der Waals surface area contributed by atoms with Gasteiger partial charge < -0.3 is 4.74 Å². The summed E-state index contributed by atoms with van der Waals surface area (Å²) in [6.45, 7) is 1.92. The number of hydroxylamine groups is 1. The van der Waals surface area contributed by atoms with Crippen LogP contribution < -0.4 is 5.48 Å². The van der Waals surface area contributed by atoms with E-state index in [2.05, 4.69) is 0 Å². The lowest BCUT2D eigenvalue weighted by Crippen LogP contribution is -2.42. The van der Waals surface area contributed by atoms with Gasteiger partial charge in [0.15, 0.2) is 0 Å². The third kappa shape index (κ3) is 4.86. The van der Waals surface area contributed by atoms with E-state index < -0.39 is 11.3 Å². The van der Waals surface area contributed by atoms with Crippen molar-refractivity contribution in [1.82, 2.24) is 5.48 Å². The third-order valence-corrected chi connectivity index (χ3v) is 5.19. The maximum absolute atomic E-state index is 14.0. The van der Waals surface area contributed by atoms with Crippen molar-refractivity contribution in [3.8, 4) is 0 Å². The minimum atomic E-state index is -1.03. The molecule has 2 N–H and O–H groups in total. The molecule has 0 saturated heterocycles. The van der Waals surface area contributed by atoms with Crippen molar-refractivity contribution in [2.75, 3.05) is 0 Å². The highest BCUT2D eigenvalue weighted by atomic mass is 32.1. The second kappa shape index (κ2) is 10.2. The molecule has 154 valence electrons. The molecule has 0 bridgehead atoms. The molecular formula is C20H25F2NO3S2. The lowest BCUT2D eigenvalue weighted by atomic mass is 9.76. The van der Waals surface area contributed by atoms with Crippen LogP contribution in [0.25, 0.3) is 0 Å². The Labute approximate surface area is 177 Å². The average molecular weight is 430 g/mol. The van der Waals surface area contributed by atoms with Crippen molar-refractivity contribution in [3.05, 3.63) is 70.8 Å². The molecule has 1 aliphatic rings. The van der Waals surface area contributed by atoms with Crippen LogP contribution in [0.2, 0.25) is 0 Å². The summed E-state index contributed by atoms with van der Waals surface area (Å²) < 4.78 is 32.9. The molecule has 0 radical (unpaired) electrons.